The fourth-order valence-electron chi connectivity index (χ4n) is 3.84. The van der Waals surface area contributed by atoms with Gasteiger partial charge in [0.05, 0.1) is 12.2 Å². The predicted molar refractivity (Wildman–Crippen MR) is 60.2 cm³/mol. The minimum absolute atomic E-state index is 0.0324. The first kappa shape index (κ1) is 11.5. The lowest BCUT2D eigenvalue weighted by atomic mass is 9.97. The second-order valence-corrected chi connectivity index (χ2v) is 5.94. The second kappa shape index (κ2) is 3.69. The van der Waals surface area contributed by atoms with Gasteiger partial charge in [-0.1, -0.05) is 0 Å². The Kier molecular flexibility index (Phi) is 2.49. The van der Waals surface area contributed by atoms with Crippen molar-refractivity contribution in [3.05, 3.63) is 0 Å². The third kappa shape index (κ3) is 1.87. The van der Waals surface area contributed by atoms with E-state index in [1.807, 2.05) is 13.8 Å². The molecule has 5 atom stereocenters. The SMILES string of the molecule is CC(=O)O[C@@H]1CC[C@@H]2C[C@H]3OC(C)(C)O[C@H]3[C@@H]21. The summed E-state index contributed by atoms with van der Waals surface area (Å²) >= 11 is 0. The third-order valence-electron chi connectivity index (χ3n) is 4.25. The van der Waals surface area contributed by atoms with E-state index < -0.39 is 5.79 Å². The molecule has 4 heteroatoms. The molecule has 4 nitrogen and oxygen atoms in total. The Morgan fingerprint density at radius 2 is 2.06 bits per heavy atom. The van der Waals surface area contributed by atoms with Crippen LogP contribution in [0.4, 0.5) is 0 Å². The van der Waals surface area contributed by atoms with Gasteiger partial charge in [-0.15, -0.1) is 0 Å². The van der Waals surface area contributed by atoms with Crippen molar-refractivity contribution in [1.29, 1.82) is 0 Å². The smallest absolute Gasteiger partial charge is 0.302 e. The number of rotatable bonds is 1. The Morgan fingerprint density at radius 3 is 2.76 bits per heavy atom. The van der Waals surface area contributed by atoms with Gasteiger partial charge in [-0.05, 0) is 39.0 Å². The maximum Gasteiger partial charge on any atom is 0.302 e. The Balaban J connectivity index is 1.76. The summed E-state index contributed by atoms with van der Waals surface area (Å²) in [6.07, 6.45) is 3.49. The van der Waals surface area contributed by atoms with Gasteiger partial charge in [-0.2, -0.15) is 0 Å². The van der Waals surface area contributed by atoms with Gasteiger partial charge in [-0.25, -0.2) is 0 Å². The number of carbonyl (C=O) groups excluding carboxylic acids is 1. The Morgan fingerprint density at radius 1 is 1.29 bits per heavy atom. The summed E-state index contributed by atoms with van der Waals surface area (Å²) in [7, 11) is 0. The van der Waals surface area contributed by atoms with Crippen LogP contribution in [0.15, 0.2) is 0 Å². The van der Waals surface area contributed by atoms with Gasteiger partial charge in [-0.3, -0.25) is 4.79 Å². The Bertz CT molecular complexity index is 338. The molecule has 3 rings (SSSR count). The first-order valence-electron chi connectivity index (χ1n) is 6.49. The van der Waals surface area contributed by atoms with Crippen LogP contribution in [0.3, 0.4) is 0 Å². The quantitative estimate of drug-likeness (QED) is 0.656. The molecule has 0 N–H and O–H groups in total. The number of hydrogen-bond acceptors (Lipinski definition) is 4. The Labute approximate surface area is 102 Å². The molecule has 3 fully saturated rings. The standard InChI is InChI=1S/C13H20O4/c1-7(14)15-9-5-4-8-6-10-12(11(8)9)17-13(2,3)16-10/h8-12H,4-6H2,1-3H3/t8-,9-,10-,11+,12-/m1/s1. The van der Waals surface area contributed by atoms with Crippen molar-refractivity contribution in [3.8, 4) is 0 Å². The lowest BCUT2D eigenvalue weighted by Gasteiger charge is -2.25. The molecule has 2 saturated carbocycles. The summed E-state index contributed by atoms with van der Waals surface area (Å²) in [5, 5.41) is 0. The molecule has 0 aromatic rings. The molecule has 0 aromatic carbocycles. The van der Waals surface area contributed by atoms with Crippen molar-refractivity contribution in [2.75, 3.05) is 0 Å². The molecule has 0 spiro atoms. The molecule has 1 aliphatic heterocycles. The topological polar surface area (TPSA) is 44.8 Å². The van der Waals surface area contributed by atoms with Gasteiger partial charge < -0.3 is 14.2 Å². The van der Waals surface area contributed by atoms with Crippen LogP contribution >= 0.6 is 0 Å². The van der Waals surface area contributed by atoms with Gasteiger partial charge in [0.1, 0.15) is 6.10 Å². The van der Waals surface area contributed by atoms with Crippen LogP contribution in [0.1, 0.15) is 40.0 Å². The van der Waals surface area contributed by atoms with E-state index in [0.29, 0.717) is 11.8 Å². The van der Waals surface area contributed by atoms with E-state index in [1.54, 1.807) is 0 Å². The first-order valence-corrected chi connectivity index (χ1v) is 6.49. The van der Waals surface area contributed by atoms with E-state index in [9.17, 15) is 4.79 Å². The highest BCUT2D eigenvalue weighted by Crippen LogP contribution is 2.52. The number of hydrogen-bond donors (Lipinski definition) is 0. The van der Waals surface area contributed by atoms with Crippen molar-refractivity contribution < 1.29 is 19.0 Å². The molecule has 1 saturated heterocycles. The molecule has 0 aromatic heterocycles. The van der Waals surface area contributed by atoms with E-state index in [4.69, 9.17) is 14.2 Å². The lowest BCUT2D eigenvalue weighted by Crippen LogP contribution is -2.34. The normalized spacial score (nSPS) is 46.6. The molecule has 96 valence electrons. The minimum Gasteiger partial charge on any atom is -0.462 e. The zero-order valence-electron chi connectivity index (χ0n) is 10.6. The predicted octanol–water partition coefficient (Wildman–Crippen LogP) is 1.87. The summed E-state index contributed by atoms with van der Waals surface area (Å²) in [6.45, 7) is 5.39. The molecule has 3 aliphatic rings. The van der Waals surface area contributed by atoms with Crippen LogP contribution in [0.2, 0.25) is 0 Å². The number of carbonyl (C=O) groups is 1. The highest BCUT2D eigenvalue weighted by Gasteiger charge is 2.58. The average Bonchev–Trinajstić information content (AvgIpc) is 2.75. The van der Waals surface area contributed by atoms with Crippen LogP contribution in [0, 0.1) is 11.8 Å². The van der Waals surface area contributed by atoms with E-state index in [0.717, 1.165) is 19.3 Å². The van der Waals surface area contributed by atoms with Crippen molar-refractivity contribution in [1.82, 2.24) is 0 Å². The highest BCUT2D eigenvalue weighted by molar-refractivity contribution is 5.66. The molecular formula is C13H20O4. The molecule has 17 heavy (non-hydrogen) atoms. The Hall–Kier alpha value is -0.610. The fraction of sp³-hybridized carbons (Fsp3) is 0.923. The van der Waals surface area contributed by atoms with Gasteiger partial charge in [0.15, 0.2) is 5.79 Å². The van der Waals surface area contributed by atoms with Crippen LogP contribution in [-0.2, 0) is 19.0 Å². The first-order chi connectivity index (χ1) is 7.96. The molecular weight excluding hydrogens is 220 g/mol. The molecule has 0 bridgehead atoms. The summed E-state index contributed by atoms with van der Waals surface area (Å²) in [4.78, 5) is 11.1. The van der Waals surface area contributed by atoms with E-state index in [-0.39, 0.29) is 24.3 Å². The molecule has 0 radical (unpaired) electrons. The van der Waals surface area contributed by atoms with Crippen molar-refractivity contribution in [2.24, 2.45) is 11.8 Å². The number of ether oxygens (including phenoxy) is 3. The number of fused-ring (bicyclic) bond motifs is 3. The largest absolute Gasteiger partial charge is 0.462 e. The third-order valence-corrected chi connectivity index (χ3v) is 4.25. The van der Waals surface area contributed by atoms with Crippen molar-refractivity contribution in [3.63, 3.8) is 0 Å². The lowest BCUT2D eigenvalue weighted by molar-refractivity contribution is -0.167. The highest BCUT2D eigenvalue weighted by atomic mass is 16.8. The summed E-state index contributed by atoms with van der Waals surface area (Å²) in [6, 6.07) is 0. The van der Waals surface area contributed by atoms with E-state index in [1.165, 1.54) is 6.92 Å². The fourth-order valence-corrected chi connectivity index (χ4v) is 3.84. The molecule has 0 amide bonds. The average molecular weight is 240 g/mol. The molecule has 2 aliphatic carbocycles. The van der Waals surface area contributed by atoms with Gasteiger partial charge in [0.25, 0.3) is 0 Å². The zero-order chi connectivity index (χ0) is 12.2. The van der Waals surface area contributed by atoms with Crippen molar-refractivity contribution in [2.45, 2.75) is 64.1 Å². The van der Waals surface area contributed by atoms with Gasteiger partial charge >= 0.3 is 5.97 Å². The monoisotopic (exact) mass is 240 g/mol. The maximum absolute atomic E-state index is 11.1. The van der Waals surface area contributed by atoms with Crippen LogP contribution < -0.4 is 0 Å². The van der Waals surface area contributed by atoms with Gasteiger partial charge in [0.2, 0.25) is 0 Å². The van der Waals surface area contributed by atoms with Crippen molar-refractivity contribution >= 4 is 5.97 Å². The minimum atomic E-state index is -0.482. The second-order valence-electron chi connectivity index (χ2n) is 5.94. The van der Waals surface area contributed by atoms with Crippen LogP contribution in [0.5, 0.6) is 0 Å². The summed E-state index contributed by atoms with van der Waals surface area (Å²) < 4.78 is 17.3. The van der Waals surface area contributed by atoms with Crippen LogP contribution in [-0.4, -0.2) is 30.1 Å². The van der Waals surface area contributed by atoms with Gasteiger partial charge in [0, 0.05) is 12.8 Å². The van der Waals surface area contributed by atoms with Crippen LogP contribution in [0.25, 0.3) is 0 Å². The summed E-state index contributed by atoms with van der Waals surface area (Å²) in [5.41, 5.74) is 0. The number of esters is 1. The maximum atomic E-state index is 11.1. The molecule has 0 unspecified atom stereocenters. The van der Waals surface area contributed by atoms with E-state index >= 15 is 0 Å². The zero-order valence-corrected chi connectivity index (χ0v) is 10.6. The molecule has 1 heterocycles. The summed E-state index contributed by atoms with van der Waals surface area (Å²) in [5.74, 6) is 0.275. The van der Waals surface area contributed by atoms with E-state index in [2.05, 4.69) is 0 Å².